The third kappa shape index (κ3) is 3.78. The van der Waals surface area contributed by atoms with Gasteiger partial charge >= 0.3 is 0 Å². The van der Waals surface area contributed by atoms with Crippen molar-refractivity contribution in [3.63, 3.8) is 0 Å². The summed E-state index contributed by atoms with van der Waals surface area (Å²) in [6.07, 6.45) is 3.20. The van der Waals surface area contributed by atoms with Gasteiger partial charge in [0.15, 0.2) is 5.96 Å². The number of nitrogens with zero attached hydrogens (tertiary/aromatic N) is 2. The van der Waals surface area contributed by atoms with E-state index in [9.17, 15) is 9.59 Å². The number of hydrogen-bond donors (Lipinski definition) is 3. The Kier molecular flexibility index (Phi) is 4.38. The van der Waals surface area contributed by atoms with E-state index in [0.717, 1.165) is 10.8 Å². The number of rotatable bonds is 3. The van der Waals surface area contributed by atoms with Crippen LogP contribution in [0, 0.1) is 0 Å². The van der Waals surface area contributed by atoms with Crippen LogP contribution in [-0.2, 0) is 0 Å². The summed E-state index contributed by atoms with van der Waals surface area (Å²) < 4.78 is 0. The summed E-state index contributed by atoms with van der Waals surface area (Å²) >= 11 is 0. The maximum atomic E-state index is 12.3. The van der Waals surface area contributed by atoms with Crippen LogP contribution >= 0.6 is 0 Å². The molecule has 1 heterocycles. The Hall–Kier alpha value is -3.74. The van der Waals surface area contributed by atoms with Crippen LogP contribution in [0.3, 0.4) is 0 Å². The second kappa shape index (κ2) is 6.79. The van der Waals surface area contributed by atoms with Crippen molar-refractivity contribution in [1.82, 2.24) is 4.98 Å². The van der Waals surface area contributed by atoms with Crippen molar-refractivity contribution in [3.8, 4) is 0 Å². The SMILES string of the molecule is NC(N)=NC(=O)c1ccc2cc(C(=O)Nc3cccnc3)ccc2c1. The number of nitrogens with one attached hydrogen (secondary N) is 1. The van der Waals surface area contributed by atoms with E-state index >= 15 is 0 Å². The highest BCUT2D eigenvalue weighted by molar-refractivity contribution is 6.08. The third-order valence-corrected chi connectivity index (χ3v) is 3.50. The highest BCUT2D eigenvalue weighted by Gasteiger charge is 2.09. The van der Waals surface area contributed by atoms with Crippen LogP contribution in [-0.4, -0.2) is 22.8 Å². The first-order valence-electron chi connectivity index (χ1n) is 7.42. The molecule has 0 saturated carbocycles. The van der Waals surface area contributed by atoms with E-state index in [-0.39, 0.29) is 11.9 Å². The molecule has 0 bridgehead atoms. The summed E-state index contributed by atoms with van der Waals surface area (Å²) in [6.45, 7) is 0. The number of aromatic nitrogens is 1. The van der Waals surface area contributed by atoms with E-state index in [2.05, 4.69) is 15.3 Å². The molecule has 0 aliphatic rings. The highest BCUT2D eigenvalue weighted by atomic mass is 16.2. The first-order chi connectivity index (χ1) is 12.0. The number of fused-ring (bicyclic) bond motifs is 1. The lowest BCUT2D eigenvalue weighted by atomic mass is 10.0. The fraction of sp³-hybridized carbons (Fsp3) is 0. The van der Waals surface area contributed by atoms with Crippen LogP contribution in [0.4, 0.5) is 5.69 Å². The zero-order valence-electron chi connectivity index (χ0n) is 13.1. The fourth-order valence-corrected chi connectivity index (χ4v) is 2.34. The number of anilines is 1. The van der Waals surface area contributed by atoms with Crippen LogP contribution in [0.1, 0.15) is 20.7 Å². The van der Waals surface area contributed by atoms with Crippen molar-refractivity contribution in [3.05, 3.63) is 72.1 Å². The van der Waals surface area contributed by atoms with Crippen LogP contribution in [0.25, 0.3) is 10.8 Å². The number of benzene rings is 2. The molecule has 0 atom stereocenters. The molecule has 124 valence electrons. The molecular weight excluding hydrogens is 318 g/mol. The molecule has 0 fully saturated rings. The van der Waals surface area contributed by atoms with Gasteiger partial charge in [-0.1, -0.05) is 12.1 Å². The smallest absolute Gasteiger partial charge is 0.280 e. The van der Waals surface area contributed by atoms with E-state index in [1.165, 1.54) is 0 Å². The van der Waals surface area contributed by atoms with E-state index in [4.69, 9.17) is 11.5 Å². The Morgan fingerprint density at radius 1 is 0.960 bits per heavy atom. The number of hydrogen-bond acceptors (Lipinski definition) is 3. The van der Waals surface area contributed by atoms with Crippen molar-refractivity contribution in [2.45, 2.75) is 0 Å². The molecule has 0 saturated heterocycles. The van der Waals surface area contributed by atoms with Gasteiger partial charge in [-0.15, -0.1) is 0 Å². The van der Waals surface area contributed by atoms with Gasteiger partial charge in [0.1, 0.15) is 0 Å². The van der Waals surface area contributed by atoms with Crippen molar-refractivity contribution >= 4 is 34.2 Å². The lowest BCUT2D eigenvalue weighted by Crippen LogP contribution is -2.24. The lowest BCUT2D eigenvalue weighted by Gasteiger charge is -2.06. The predicted molar refractivity (Wildman–Crippen MR) is 96.3 cm³/mol. The van der Waals surface area contributed by atoms with Gasteiger partial charge in [0.25, 0.3) is 11.8 Å². The molecule has 7 heteroatoms. The van der Waals surface area contributed by atoms with Gasteiger partial charge in [-0.05, 0) is 47.2 Å². The van der Waals surface area contributed by atoms with Gasteiger partial charge in [0.05, 0.1) is 11.9 Å². The zero-order valence-corrected chi connectivity index (χ0v) is 13.1. The molecule has 0 aliphatic carbocycles. The number of guanidine groups is 1. The maximum Gasteiger partial charge on any atom is 0.280 e. The topological polar surface area (TPSA) is 123 Å². The van der Waals surface area contributed by atoms with Crippen LogP contribution in [0.2, 0.25) is 0 Å². The molecule has 7 nitrogen and oxygen atoms in total. The summed E-state index contributed by atoms with van der Waals surface area (Å²) in [7, 11) is 0. The summed E-state index contributed by atoms with van der Waals surface area (Å²) in [4.78, 5) is 31.6. The van der Waals surface area contributed by atoms with E-state index in [1.54, 1.807) is 60.9 Å². The molecule has 2 aromatic carbocycles. The summed E-state index contributed by atoms with van der Waals surface area (Å²) in [5.74, 6) is -1.04. The quantitative estimate of drug-likeness (QED) is 0.499. The molecule has 25 heavy (non-hydrogen) atoms. The van der Waals surface area contributed by atoms with Gasteiger partial charge in [-0.2, -0.15) is 4.99 Å². The molecule has 0 radical (unpaired) electrons. The largest absolute Gasteiger partial charge is 0.370 e. The van der Waals surface area contributed by atoms with Crippen LogP contribution in [0.15, 0.2) is 65.9 Å². The first-order valence-corrected chi connectivity index (χ1v) is 7.42. The Labute approximate surface area is 143 Å². The molecule has 3 aromatic rings. The Bertz CT molecular complexity index is 979. The molecule has 0 unspecified atom stereocenters. The van der Waals surface area contributed by atoms with Gasteiger partial charge in [0, 0.05) is 17.3 Å². The van der Waals surface area contributed by atoms with Crippen LogP contribution in [0.5, 0.6) is 0 Å². The molecule has 0 spiro atoms. The van der Waals surface area contributed by atoms with Gasteiger partial charge in [0.2, 0.25) is 0 Å². The number of aliphatic imine (C=N–C) groups is 1. The summed E-state index contributed by atoms with van der Waals surface area (Å²) in [6, 6.07) is 13.7. The van der Waals surface area contributed by atoms with Crippen molar-refractivity contribution in [2.24, 2.45) is 16.5 Å². The van der Waals surface area contributed by atoms with E-state index < -0.39 is 5.91 Å². The monoisotopic (exact) mass is 333 g/mol. The minimum absolute atomic E-state index is 0.240. The maximum absolute atomic E-state index is 12.3. The Morgan fingerprint density at radius 3 is 2.28 bits per heavy atom. The molecule has 5 N–H and O–H groups in total. The van der Waals surface area contributed by atoms with Crippen molar-refractivity contribution < 1.29 is 9.59 Å². The summed E-state index contributed by atoms with van der Waals surface area (Å²) in [5.41, 5.74) is 11.9. The third-order valence-electron chi connectivity index (χ3n) is 3.50. The average Bonchev–Trinajstić information content (AvgIpc) is 2.61. The van der Waals surface area contributed by atoms with Gasteiger partial charge in [-0.25, -0.2) is 0 Å². The van der Waals surface area contributed by atoms with E-state index in [0.29, 0.717) is 16.8 Å². The minimum Gasteiger partial charge on any atom is -0.370 e. The molecular formula is C18H15N5O2. The Balaban J connectivity index is 1.87. The van der Waals surface area contributed by atoms with Gasteiger partial charge < -0.3 is 16.8 Å². The molecule has 3 rings (SSSR count). The zero-order chi connectivity index (χ0) is 17.8. The standard InChI is InChI=1S/C18H15N5O2/c19-18(20)23-17(25)14-6-4-11-8-13(5-3-12(11)9-14)16(24)22-15-2-1-7-21-10-15/h1-10H,(H,22,24)(H4,19,20,23,25). The first kappa shape index (κ1) is 16.1. The predicted octanol–water partition coefficient (Wildman–Crippen LogP) is 1.90. The van der Waals surface area contributed by atoms with E-state index in [1.807, 2.05) is 0 Å². The fourth-order valence-electron chi connectivity index (χ4n) is 2.34. The van der Waals surface area contributed by atoms with Gasteiger partial charge in [-0.3, -0.25) is 14.6 Å². The minimum atomic E-state index is -0.514. The highest BCUT2D eigenvalue weighted by Crippen LogP contribution is 2.19. The number of nitrogens with two attached hydrogens (primary N) is 2. The number of amides is 2. The van der Waals surface area contributed by atoms with Crippen molar-refractivity contribution in [1.29, 1.82) is 0 Å². The number of carbonyl (C=O) groups is 2. The second-order valence-corrected chi connectivity index (χ2v) is 5.31. The normalized spacial score (nSPS) is 10.2. The number of carbonyl (C=O) groups excluding carboxylic acids is 2. The second-order valence-electron chi connectivity index (χ2n) is 5.31. The molecule has 0 aliphatic heterocycles. The van der Waals surface area contributed by atoms with Crippen LogP contribution < -0.4 is 16.8 Å². The molecule has 1 aromatic heterocycles. The number of pyridine rings is 1. The average molecular weight is 333 g/mol. The Morgan fingerprint density at radius 2 is 1.64 bits per heavy atom. The summed E-state index contributed by atoms with van der Waals surface area (Å²) in [5, 5.41) is 4.39. The molecule has 2 amide bonds. The lowest BCUT2D eigenvalue weighted by molar-refractivity contribution is 0.0999. The van der Waals surface area contributed by atoms with Crippen molar-refractivity contribution in [2.75, 3.05) is 5.32 Å².